The highest BCUT2D eigenvalue weighted by molar-refractivity contribution is 9.10. The second-order valence-electron chi connectivity index (χ2n) is 5.78. The van der Waals surface area contributed by atoms with Gasteiger partial charge in [-0.25, -0.2) is 4.98 Å². The van der Waals surface area contributed by atoms with Crippen molar-refractivity contribution < 1.29 is 4.79 Å². The average Bonchev–Trinajstić information content (AvgIpc) is 3.09. The first-order valence-corrected chi connectivity index (χ1v) is 11.0. The third-order valence-electron chi connectivity index (χ3n) is 3.73. The summed E-state index contributed by atoms with van der Waals surface area (Å²) in [6, 6.07) is 18.5. The first-order valence-electron chi connectivity index (χ1n) is 8.31. The number of aromatic nitrogens is 1. The van der Waals surface area contributed by atoms with Gasteiger partial charge in [-0.05, 0) is 29.7 Å². The summed E-state index contributed by atoms with van der Waals surface area (Å²) in [6.07, 6.45) is 1.18. The van der Waals surface area contributed by atoms with E-state index in [9.17, 15) is 4.79 Å². The molecule has 0 bridgehead atoms. The fourth-order valence-corrected chi connectivity index (χ4v) is 4.44. The molecule has 134 valence electrons. The molecule has 0 aliphatic carbocycles. The number of hydrogen-bond donors (Lipinski definition) is 1. The van der Waals surface area contributed by atoms with Gasteiger partial charge in [-0.15, -0.1) is 11.3 Å². The maximum absolute atomic E-state index is 12.1. The number of thiazole rings is 1. The Kier molecular flexibility index (Phi) is 7.29. The highest BCUT2D eigenvalue weighted by Gasteiger charge is 2.08. The number of benzene rings is 2. The van der Waals surface area contributed by atoms with Crippen molar-refractivity contribution in [3.05, 3.63) is 81.3 Å². The van der Waals surface area contributed by atoms with Gasteiger partial charge in [-0.3, -0.25) is 4.79 Å². The topological polar surface area (TPSA) is 42.0 Å². The third-order valence-corrected chi connectivity index (χ3v) is 6.40. The van der Waals surface area contributed by atoms with Crippen molar-refractivity contribution in [1.82, 2.24) is 10.3 Å². The lowest BCUT2D eigenvalue weighted by Crippen LogP contribution is -2.27. The molecule has 3 nitrogen and oxygen atoms in total. The third kappa shape index (κ3) is 6.27. The highest BCUT2D eigenvalue weighted by Crippen LogP contribution is 2.26. The molecule has 0 aliphatic heterocycles. The zero-order valence-corrected chi connectivity index (χ0v) is 17.4. The van der Waals surface area contributed by atoms with E-state index in [4.69, 9.17) is 0 Å². The molecule has 0 aliphatic rings. The summed E-state index contributed by atoms with van der Waals surface area (Å²) < 4.78 is 2.08. The average molecular weight is 447 g/mol. The van der Waals surface area contributed by atoms with Crippen LogP contribution in [-0.2, 0) is 23.4 Å². The van der Waals surface area contributed by atoms with Crippen LogP contribution in [-0.4, -0.2) is 17.4 Å². The predicted molar refractivity (Wildman–Crippen MR) is 113 cm³/mol. The van der Waals surface area contributed by atoms with E-state index in [-0.39, 0.29) is 5.91 Å². The molecule has 26 heavy (non-hydrogen) atoms. The minimum absolute atomic E-state index is 0.0238. The van der Waals surface area contributed by atoms with Crippen molar-refractivity contribution in [1.29, 1.82) is 0 Å². The lowest BCUT2D eigenvalue weighted by atomic mass is 10.1. The minimum Gasteiger partial charge on any atom is -0.355 e. The Balaban J connectivity index is 1.41. The summed E-state index contributed by atoms with van der Waals surface area (Å²) in [4.78, 5) is 16.6. The molecule has 0 fully saturated rings. The number of carbonyl (C=O) groups excluding carboxylic acids is 1. The summed E-state index contributed by atoms with van der Waals surface area (Å²) in [5, 5.41) is 4.94. The van der Waals surface area contributed by atoms with Crippen LogP contribution in [0.25, 0.3) is 0 Å². The van der Waals surface area contributed by atoms with Crippen LogP contribution in [0.15, 0.2) is 68.8 Å². The summed E-state index contributed by atoms with van der Waals surface area (Å²) in [5.74, 6) is 0.902. The van der Waals surface area contributed by atoms with Gasteiger partial charge < -0.3 is 5.32 Å². The van der Waals surface area contributed by atoms with Gasteiger partial charge in [0.1, 0.15) is 4.34 Å². The highest BCUT2D eigenvalue weighted by atomic mass is 79.9. The monoisotopic (exact) mass is 446 g/mol. The van der Waals surface area contributed by atoms with Crippen molar-refractivity contribution in [2.75, 3.05) is 6.54 Å². The zero-order valence-electron chi connectivity index (χ0n) is 14.2. The van der Waals surface area contributed by atoms with Crippen LogP contribution in [0.4, 0.5) is 0 Å². The Bertz CT molecular complexity index is 835. The number of hydrogen-bond acceptors (Lipinski definition) is 4. The second-order valence-corrected chi connectivity index (χ2v) is 8.78. The molecule has 0 saturated heterocycles. The normalized spacial score (nSPS) is 10.7. The molecule has 6 heteroatoms. The fraction of sp³-hybridized carbons (Fsp3) is 0.200. The summed E-state index contributed by atoms with van der Waals surface area (Å²) in [7, 11) is 0. The molecule has 1 heterocycles. The number of carbonyl (C=O) groups is 1. The van der Waals surface area contributed by atoms with Crippen LogP contribution in [0.5, 0.6) is 0 Å². The van der Waals surface area contributed by atoms with E-state index in [0.29, 0.717) is 13.0 Å². The van der Waals surface area contributed by atoms with E-state index < -0.39 is 0 Å². The molecule has 0 radical (unpaired) electrons. The SMILES string of the molecule is O=C(Cc1csc(SCc2ccc(Br)cc2)n1)NCCc1ccccc1. The maximum atomic E-state index is 12.1. The van der Waals surface area contributed by atoms with Crippen molar-refractivity contribution in [2.45, 2.75) is 22.9 Å². The Morgan fingerprint density at radius 2 is 1.85 bits per heavy atom. The van der Waals surface area contributed by atoms with Crippen molar-refractivity contribution in [3.63, 3.8) is 0 Å². The molecule has 3 rings (SSSR count). The Hall–Kier alpha value is -1.63. The Morgan fingerprint density at radius 1 is 1.08 bits per heavy atom. The Morgan fingerprint density at radius 3 is 2.62 bits per heavy atom. The van der Waals surface area contributed by atoms with Gasteiger partial charge in [0.15, 0.2) is 0 Å². The van der Waals surface area contributed by atoms with E-state index in [2.05, 4.69) is 50.5 Å². The van der Waals surface area contributed by atoms with E-state index in [1.54, 1.807) is 23.1 Å². The number of nitrogens with one attached hydrogen (secondary N) is 1. The first kappa shape index (κ1) is 19.1. The predicted octanol–water partition coefficient (Wildman–Crippen LogP) is 5.10. The van der Waals surface area contributed by atoms with E-state index >= 15 is 0 Å². The standard InChI is InChI=1S/C20H19BrN2OS2/c21-17-8-6-16(7-9-17)13-25-20-23-18(14-26-20)12-19(24)22-11-10-15-4-2-1-3-5-15/h1-9,14H,10-13H2,(H,22,24). The number of amides is 1. The molecular formula is C20H19BrN2OS2. The van der Waals surface area contributed by atoms with Gasteiger partial charge in [0.25, 0.3) is 0 Å². The van der Waals surface area contributed by atoms with Gasteiger partial charge in [-0.1, -0.05) is 70.2 Å². The quantitative estimate of drug-likeness (QED) is 0.489. The lowest BCUT2D eigenvalue weighted by Gasteiger charge is -2.04. The number of halogens is 1. The van der Waals surface area contributed by atoms with E-state index in [1.165, 1.54) is 11.1 Å². The molecule has 3 aromatic rings. The van der Waals surface area contributed by atoms with Gasteiger partial charge in [0, 0.05) is 22.2 Å². The van der Waals surface area contributed by atoms with Crippen LogP contribution in [0, 0.1) is 0 Å². The van der Waals surface area contributed by atoms with Crippen molar-refractivity contribution >= 4 is 44.9 Å². The van der Waals surface area contributed by atoms with Crippen molar-refractivity contribution in [3.8, 4) is 0 Å². The van der Waals surface area contributed by atoms with Crippen LogP contribution in [0.1, 0.15) is 16.8 Å². The van der Waals surface area contributed by atoms with E-state index in [1.807, 2.05) is 35.7 Å². The first-order chi connectivity index (χ1) is 12.7. The minimum atomic E-state index is 0.0238. The molecular weight excluding hydrogens is 428 g/mol. The molecule has 1 aromatic heterocycles. The van der Waals surface area contributed by atoms with Crippen LogP contribution < -0.4 is 5.32 Å². The Labute approximate surface area is 170 Å². The summed E-state index contributed by atoms with van der Waals surface area (Å²) in [6.45, 7) is 0.651. The molecule has 0 spiro atoms. The molecule has 2 aromatic carbocycles. The molecule has 1 amide bonds. The van der Waals surface area contributed by atoms with Gasteiger partial charge in [0.05, 0.1) is 12.1 Å². The maximum Gasteiger partial charge on any atom is 0.226 e. The van der Waals surface area contributed by atoms with Gasteiger partial charge >= 0.3 is 0 Å². The molecule has 0 saturated carbocycles. The van der Waals surface area contributed by atoms with Crippen LogP contribution in [0.2, 0.25) is 0 Å². The van der Waals surface area contributed by atoms with E-state index in [0.717, 1.165) is 26.7 Å². The number of thioether (sulfide) groups is 1. The zero-order chi connectivity index (χ0) is 18.2. The summed E-state index contributed by atoms with van der Waals surface area (Å²) in [5.41, 5.74) is 3.33. The number of rotatable bonds is 8. The smallest absolute Gasteiger partial charge is 0.226 e. The van der Waals surface area contributed by atoms with Crippen LogP contribution in [0.3, 0.4) is 0 Å². The lowest BCUT2D eigenvalue weighted by molar-refractivity contribution is -0.120. The fourth-order valence-electron chi connectivity index (χ4n) is 2.38. The van der Waals surface area contributed by atoms with Gasteiger partial charge in [-0.2, -0.15) is 0 Å². The number of nitrogens with zero attached hydrogens (tertiary/aromatic N) is 1. The second kappa shape index (κ2) is 9.90. The largest absolute Gasteiger partial charge is 0.355 e. The molecule has 0 atom stereocenters. The van der Waals surface area contributed by atoms with Crippen molar-refractivity contribution in [2.24, 2.45) is 0 Å². The molecule has 0 unspecified atom stereocenters. The van der Waals surface area contributed by atoms with Gasteiger partial charge in [0.2, 0.25) is 5.91 Å². The summed E-state index contributed by atoms with van der Waals surface area (Å²) >= 11 is 6.74. The molecule has 1 N–H and O–H groups in total. The van der Waals surface area contributed by atoms with Crippen LogP contribution >= 0.6 is 39.0 Å².